The van der Waals surface area contributed by atoms with Crippen molar-refractivity contribution >= 4 is 39.8 Å². The van der Waals surface area contributed by atoms with Gasteiger partial charge in [0.25, 0.3) is 0 Å². The molecule has 0 spiro atoms. The Balaban J connectivity index is 2.00. The van der Waals surface area contributed by atoms with E-state index in [1.54, 1.807) is 23.2 Å². The van der Waals surface area contributed by atoms with Gasteiger partial charge in [0.05, 0.1) is 16.2 Å². The molecular weight excluding hydrogens is 297 g/mol. The molecule has 106 valence electrons. The minimum absolute atomic E-state index is 0.0314. The van der Waals surface area contributed by atoms with E-state index in [2.05, 4.69) is 4.98 Å². The van der Waals surface area contributed by atoms with Gasteiger partial charge in [-0.25, -0.2) is 9.37 Å². The number of hydrogen-bond acceptors (Lipinski definition) is 5. The summed E-state index contributed by atoms with van der Waals surface area (Å²) in [6.07, 6.45) is 1.66. The van der Waals surface area contributed by atoms with E-state index in [9.17, 15) is 9.18 Å². The Morgan fingerprint density at radius 2 is 2.15 bits per heavy atom. The summed E-state index contributed by atoms with van der Waals surface area (Å²) in [6.45, 7) is 2.42. The van der Waals surface area contributed by atoms with Gasteiger partial charge in [0.1, 0.15) is 5.82 Å². The van der Waals surface area contributed by atoms with Gasteiger partial charge in [-0.05, 0) is 31.2 Å². The van der Waals surface area contributed by atoms with Crippen LogP contribution in [0.25, 0.3) is 0 Å². The number of rotatable bonds is 5. The molecule has 0 radical (unpaired) electrons. The third-order valence-electron chi connectivity index (χ3n) is 2.60. The maximum absolute atomic E-state index is 12.9. The zero-order chi connectivity index (χ0) is 14.5. The molecule has 20 heavy (non-hydrogen) atoms. The van der Waals surface area contributed by atoms with Gasteiger partial charge in [-0.2, -0.15) is 0 Å². The molecule has 2 aromatic rings. The van der Waals surface area contributed by atoms with E-state index < -0.39 is 0 Å². The van der Waals surface area contributed by atoms with Gasteiger partial charge >= 0.3 is 0 Å². The van der Waals surface area contributed by atoms with Crippen molar-refractivity contribution in [1.82, 2.24) is 4.98 Å². The molecule has 0 atom stereocenters. The van der Waals surface area contributed by atoms with E-state index in [-0.39, 0.29) is 11.7 Å². The molecule has 2 N–H and O–H groups in total. The molecule has 0 saturated heterocycles. The molecule has 1 aromatic carbocycles. The van der Waals surface area contributed by atoms with Crippen molar-refractivity contribution in [3.05, 3.63) is 36.3 Å². The molecular formula is C13H14FN3OS2. The lowest BCUT2D eigenvalue weighted by Gasteiger charge is -2.20. The largest absolute Gasteiger partial charge is 0.375 e. The first kappa shape index (κ1) is 14.8. The highest BCUT2D eigenvalue weighted by Crippen LogP contribution is 2.27. The third-order valence-corrected chi connectivity index (χ3v) is 4.60. The number of amides is 1. The Kier molecular flexibility index (Phi) is 4.97. The summed E-state index contributed by atoms with van der Waals surface area (Å²) in [6, 6.07) is 5.91. The first-order chi connectivity index (χ1) is 9.60. The van der Waals surface area contributed by atoms with Gasteiger partial charge < -0.3 is 10.6 Å². The van der Waals surface area contributed by atoms with Crippen molar-refractivity contribution in [3.8, 4) is 0 Å². The molecule has 1 aromatic heterocycles. The molecule has 0 aliphatic rings. The van der Waals surface area contributed by atoms with E-state index >= 15 is 0 Å². The van der Waals surface area contributed by atoms with E-state index in [1.807, 2.05) is 6.92 Å². The van der Waals surface area contributed by atoms with Crippen LogP contribution in [-0.2, 0) is 4.79 Å². The average Bonchev–Trinajstić information content (AvgIpc) is 2.85. The van der Waals surface area contributed by atoms with Crippen molar-refractivity contribution in [2.75, 3.05) is 22.9 Å². The number of nitrogens with zero attached hydrogens (tertiary/aromatic N) is 2. The zero-order valence-corrected chi connectivity index (χ0v) is 12.5. The zero-order valence-electron chi connectivity index (χ0n) is 10.9. The first-order valence-corrected chi connectivity index (χ1v) is 7.80. The summed E-state index contributed by atoms with van der Waals surface area (Å²) in [5.41, 5.74) is 6.24. The second-order valence-corrected chi connectivity index (χ2v) is 6.26. The van der Waals surface area contributed by atoms with Crippen LogP contribution in [0.1, 0.15) is 6.92 Å². The predicted octanol–water partition coefficient (Wildman–Crippen LogP) is 3.01. The molecule has 0 unspecified atom stereocenters. The number of nitrogen functional groups attached to an aromatic ring is 1. The van der Waals surface area contributed by atoms with Crippen molar-refractivity contribution in [2.24, 2.45) is 0 Å². The second-order valence-electron chi connectivity index (χ2n) is 3.92. The number of halogens is 1. The number of hydrogen-bond donors (Lipinski definition) is 1. The second kappa shape index (κ2) is 6.71. The maximum atomic E-state index is 12.9. The van der Waals surface area contributed by atoms with Crippen molar-refractivity contribution in [2.45, 2.75) is 11.1 Å². The average molecular weight is 311 g/mol. The van der Waals surface area contributed by atoms with E-state index in [4.69, 9.17) is 5.73 Å². The van der Waals surface area contributed by atoms with Crippen LogP contribution >= 0.6 is 23.1 Å². The van der Waals surface area contributed by atoms with Gasteiger partial charge in [-0.15, -0.1) is 11.8 Å². The topological polar surface area (TPSA) is 59.2 Å². The standard InChI is InChI=1S/C13H14FN3OS2/c1-2-17(10-5-3-9(14)4-6-10)11(18)8-19-12-7-16-13(15)20-12/h3-7H,2,8H2,1H3,(H2,15,16). The summed E-state index contributed by atoms with van der Waals surface area (Å²) < 4.78 is 13.8. The quantitative estimate of drug-likeness (QED) is 0.862. The minimum atomic E-state index is -0.313. The number of carbonyl (C=O) groups excluding carboxylic acids is 1. The monoisotopic (exact) mass is 311 g/mol. The number of thioether (sulfide) groups is 1. The van der Waals surface area contributed by atoms with Gasteiger partial charge in [0.2, 0.25) is 5.91 Å². The molecule has 2 rings (SSSR count). The normalized spacial score (nSPS) is 10.5. The highest BCUT2D eigenvalue weighted by molar-refractivity contribution is 8.01. The number of anilines is 2. The molecule has 0 saturated carbocycles. The van der Waals surface area contributed by atoms with Crippen molar-refractivity contribution in [3.63, 3.8) is 0 Å². The Morgan fingerprint density at radius 3 is 2.70 bits per heavy atom. The van der Waals surface area contributed by atoms with Crippen LogP contribution in [0.5, 0.6) is 0 Å². The Labute approximate surface area is 124 Å². The molecule has 0 aliphatic heterocycles. The SMILES string of the molecule is CCN(C(=O)CSc1cnc(N)s1)c1ccc(F)cc1. The minimum Gasteiger partial charge on any atom is -0.375 e. The van der Waals surface area contributed by atoms with Crippen molar-refractivity contribution in [1.29, 1.82) is 0 Å². The lowest BCUT2D eigenvalue weighted by molar-refractivity contribution is -0.116. The fourth-order valence-corrected chi connectivity index (χ4v) is 3.31. The molecule has 0 aliphatic carbocycles. The predicted molar refractivity (Wildman–Crippen MR) is 81.7 cm³/mol. The van der Waals surface area contributed by atoms with Gasteiger partial charge in [0, 0.05) is 12.2 Å². The van der Waals surface area contributed by atoms with E-state index in [0.29, 0.717) is 23.1 Å². The Morgan fingerprint density at radius 1 is 1.45 bits per heavy atom. The fourth-order valence-electron chi connectivity index (χ4n) is 1.67. The van der Waals surface area contributed by atoms with Crippen LogP contribution in [-0.4, -0.2) is 23.2 Å². The summed E-state index contributed by atoms with van der Waals surface area (Å²) in [4.78, 5) is 17.8. The summed E-state index contributed by atoms with van der Waals surface area (Å²) in [7, 11) is 0. The smallest absolute Gasteiger partial charge is 0.237 e. The number of aromatic nitrogens is 1. The molecule has 4 nitrogen and oxygen atoms in total. The Bertz CT molecular complexity index is 586. The van der Waals surface area contributed by atoms with Gasteiger partial charge in [0.15, 0.2) is 5.13 Å². The van der Waals surface area contributed by atoms with Crippen LogP contribution in [0.3, 0.4) is 0 Å². The summed E-state index contributed by atoms with van der Waals surface area (Å²) in [5, 5.41) is 0.492. The van der Waals surface area contributed by atoms with Crippen LogP contribution in [0.2, 0.25) is 0 Å². The van der Waals surface area contributed by atoms with E-state index in [1.165, 1.54) is 35.2 Å². The highest BCUT2D eigenvalue weighted by atomic mass is 32.2. The van der Waals surface area contributed by atoms with Crippen LogP contribution in [0.4, 0.5) is 15.2 Å². The Hall–Kier alpha value is -1.60. The molecule has 0 bridgehead atoms. The number of carbonyl (C=O) groups is 1. The van der Waals surface area contributed by atoms with E-state index in [0.717, 1.165) is 4.21 Å². The molecule has 1 heterocycles. The van der Waals surface area contributed by atoms with Gasteiger partial charge in [-0.1, -0.05) is 11.3 Å². The molecule has 1 amide bonds. The molecule has 7 heteroatoms. The fraction of sp³-hybridized carbons (Fsp3) is 0.231. The number of benzene rings is 1. The number of thiazole rings is 1. The van der Waals surface area contributed by atoms with Crippen LogP contribution in [0.15, 0.2) is 34.7 Å². The summed E-state index contributed by atoms with van der Waals surface area (Å²) in [5.74, 6) is -0.0461. The highest BCUT2D eigenvalue weighted by Gasteiger charge is 2.14. The third kappa shape index (κ3) is 3.71. The number of nitrogens with two attached hydrogens (primary N) is 1. The first-order valence-electron chi connectivity index (χ1n) is 6.00. The molecule has 0 fully saturated rings. The maximum Gasteiger partial charge on any atom is 0.237 e. The summed E-state index contributed by atoms with van der Waals surface area (Å²) >= 11 is 2.76. The lowest BCUT2D eigenvalue weighted by atomic mass is 10.3. The van der Waals surface area contributed by atoms with Crippen molar-refractivity contribution < 1.29 is 9.18 Å². The lowest BCUT2D eigenvalue weighted by Crippen LogP contribution is -2.32. The van der Waals surface area contributed by atoms with Gasteiger partial charge in [-0.3, -0.25) is 4.79 Å². The van der Waals surface area contributed by atoms with Crippen LogP contribution in [0, 0.1) is 5.82 Å². The van der Waals surface area contributed by atoms with Crippen LogP contribution < -0.4 is 10.6 Å².